The van der Waals surface area contributed by atoms with Gasteiger partial charge in [-0.15, -0.1) is 0 Å². The van der Waals surface area contributed by atoms with Crippen molar-refractivity contribution in [3.05, 3.63) is 113 Å². The van der Waals surface area contributed by atoms with E-state index in [0.717, 1.165) is 28.8 Å². The molecule has 5 aromatic rings. The van der Waals surface area contributed by atoms with Crippen LogP contribution in [0.5, 0.6) is 11.6 Å². The summed E-state index contributed by atoms with van der Waals surface area (Å²) in [6.45, 7) is 0. The average Bonchev–Trinajstić information content (AvgIpc) is 3.34. The fourth-order valence-electron chi connectivity index (χ4n) is 3.63. The molecule has 2 aromatic carbocycles. The van der Waals surface area contributed by atoms with Crippen LogP contribution >= 0.6 is 0 Å². The first kappa shape index (κ1) is 24.4. The van der Waals surface area contributed by atoms with E-state index >= 15 is 0 Å². The van der Waals surface area contributed by atoms with E-state index in [9.17, 15) is 22.8 Å². The van der Waals surface area contributed by atoms with Gasteiger partial charge in [0.15, 0.2) is 17.4 Å². The van der Waals surface area contributed by atoms with E-state index in [1.807, 2.05) is 0 Å². The van der Waals surface area contributed by atoms with Crippen molar-refractivity contribution in [2.45, 2.75) is 0 Å². The van der Waals surface area contributed by atoms with Crippen molar-refractivity contribution < 1.29 is 22.7 Å². The van der Waals surface area contributed by atoms with Crippen LogP contribution in [0.25, 0.3) is 16.8 Å². The third-order valence-corrected chi connectivity index (χ3v) is 5.46. The van der Waals surface area contributed by atoms with Crippen molar-refractivity contribution in [2.24, 2.45) is 7.05 Å². The largest absolute Gasteiger partial charge is 0.435 e. The van der Waals surface area contributed by atoms with Gasteiger partial charge in [0.25, 0.3) is 11.5 Å². The normalized spacial score (nSPS) is 10.8. The van der Waals surface area contributed by atoms with E-state index in [4.69, 9.17) is 4.74 Å². The molecule has 0 aliphatic heterocycles. The van der Waals surface area contributed by atoms with Crippen molar-refractivity contribution in [2.75, 3.05) is 5.32 Å². The Kier molecular flexibility index (Phi) is 6.44. The van der Waals surface area contributed by atoms with Gasteiger partial charge >= 0.3 is 0 Å². The molecule has 0 fully saturated rings. The molecule has 0 unspecified atom stereocenters. The molecule has 0 atom stereocenters. The number of anilines is 1. The van der Waals surface area contributed by atoms with Gasteiger partial charge in [-0.1, -0.05) is 0 Å². The van der Waals surface area contributed by atoms with Gasteiger partial charge in [-0.2, -0.15) is 5.10 Å². The first-order chi connectivity index (χ1) is 18.3. The lowest BCUT2D eigenvalue weighted by molar-refractivity contribution is 0.102. The summed E-state index contributed by atoms with van der Waals surface area (Å²) in [4.78, 5) is 33.6. The number of halogens is 3. The third-order valence-electron chi connectivity index (χ3n) is 5.46. The van der Waals surface area contributed by atoms with Gasteiger partial charge in [0.05, 0.1) is 17.4 Å². The van der Waals surface area contributed by atoms with E-state index in [0.29, 0.717) is 16.8 Å². The smallest absolute Gasteiger partial charge is 0.267 e. The minimum Gasteiger partial charge on any atom is -0.435 e. The maximum Gasteiger partial charge on any atom is 0.267 e. The molecule has 0 radical (unpaired) electrons. The highest BCUT2D eigenvalue weighted by atomic mass is 19.1. The Bertz CT molecular complexity index is 1720. The number of aryl methyl sites for hydroxylation is 1. The third kappa shape index (κ3) is 4.87. The molecule has 0 aliphatic rings. The number of hydrogen-bond acceptors (Lipinski definition) is 6. The van der Waals surface area contributed by atoms with Gasteiger partial charge in [0, 0.05) is 49.0 Å². The van der Waals surface area contributed by atoms with Crippen molar-refractivity contribution >= 4 is 11.6 Å². The summed E-state index contributed by atoms with van der Waals surface area (Å²) in [5.41, 5.74) is -0.253. The first-order valence-electron chi connectivity index (χ1n) is 11.0. The first-order valence-corrected chi connectivity index (χ1v) is 11.0. The molecule has 12 heteroatoms. The lowest BCUT2D eigenvalue weighted by Gasteiger charge is -2.12. The molecule has 190 valence electrons. The van der Waals surface area contributed by atoms with E-state index in [2.05, 4.69) is 20.4 Å². The molecular weight excluding hydrogens is 501 g/mol. The van der Waals surface area contributed by atoms with Crippen molar-refractivity contribution in [3.8, 4) is 28.4 Å². The number of pyridine rings is 1. The SMILES string of the molecule is Cn1cc(-c2cncnc2Oc2cc(F)c(NC(=O)c3cccn(-c4ccc(F)cc4)c3=O)cc2F)cn1. The lowest BCUT2D eigenvalue weighted by atomic mass is 10.2. The minimum atomic E-state index is -1.01. The Morgan fingerprint density at radius 1 is 1.03 bits per heavy atom. The van der Waals surface area contributed by atoms with Gasteiger partial charge < -0.3 is 10.1 Å². The predicted molar refractivity (Wildman–Crippen MR) is 131 cm³/mol. The van der Waals surface area contributed by atoms with Crippen LogP contribution in [-0.2, 0) is 7.05 Å². The maximum absolute atomic E-state index is 14.9. The zero-order valence-corrected chi connectivity index (χ0v) is 19.6. The number of amides is 1. The van der Waals surface area contributed by atoms with Crippen LogP contribution in [0.4, 0.5) is 18.9 Å². The summed E-state index contributed by atoms with van der Waals surface area (Å²) in [7, 11) is 1.71. The predicted octanol–water partition coefficient (Wildman–Crippen LogP) is 4.49. The second kappa shape index (κ2) is 10.0. The quantitative estimate of drug-likeness (QED) is 0.355. The Balaban J connectivity index is 1.40. The van der Waals surface area contributed by atoms with Gasteiger partial charge in [0.1, 0.15) is 17.7 Å². The van der Waals surface area contributed by atoms with Crippen LogP contribution in [0.15, 0.2) is 84.4 Å². The van der Waals surface area contributed by atoms with Crippen LogP contribution in [0.3, 0.4) is 0 Å². The number of nitrogens with zero attached hydrogens (tertiary/aromatic N) is 5. The molecule has 5 rings (SSSR count). The molecule has 1 N–H and O–H groups in total. The average molecular weight is 518 g/mol. The molecule has 0 spiro atoms. The van der Waals surface area contributed by atoms with Gasteiger partial charge in [0.2, 0.25) is 5.88 Å². The number of hydrogen-bond donors (Lipinski definition) is 1. The number of carbonyl (C=O) groups is 1. The van der Waals surface area contributed by atoms with Gasteiger partial charge in [-0.3, -0.25) is 18.8 Å². The zero-order valence-electron chi connectivity index (χ0n) is 19.6. The van der Waals surface area contributed by atoms with Crippen LogP contribution < -0.4 is 15.6 Å². The van der Waals surface area contributed by atoms with Gasteiger partial charge in [-0.25, -0.2) is 23.1 Å². The highest BCUT2D eigenvalue weighted by Gasteiger charge is 2.19. The number of aromatic nitrogens is 5. The van der Waals surface area contributed by atoms with Crippen LogP contribution in [-0.4, -0.2) is 30.2 Å². The number of nitrogens with one attached hydrogen (secondary N) is 1. The van der Waals surface area contributed by atoms with Crippen molar-refractivity contribution in [1.29, 1.82) is 0 Å². The Morgan fingerprint density at radius 3 is 2.55 bits per heavy atom. The second-order valence-electron chi connectivity index (χ2n) is 8.04. The molecule has 38 heavy (non-hydrogen) atoms. The number of rotatable bonds is 6. The summed E-state index contributed by atoms with van der Waals surface area (Å²) in [5, 5.41) is 6.27. The summed E-state index contributed by atoms with van der Waals surface area (Å²) >= 11 is 0. The summed E-state index contributed by atoms with van der Waals surface area (Å²) in [6, 6.07) is 9.20. The lowest BCUT2D eigenvalue weighted by Crippen LogP contribution is -2.28. The molecule has 0 aliphatic carbocycles. The maximum atomic E-state index is 14.9. The van der Waals surface area contributed by atoms with Gasteiger partial charge in [-0.05, 0) is 36.4 Å². The fraction of sp³-hybridized carbons (Fsp3) is 0.0385. The molecule has 0 saturated heterocycles. The second-order valence-corrected chi connectivity index (χ2v) is 8.04. The van der Waals surface area contributed by atoms with Crippen LogP contribution in [0, 0.1) is 17.5 Å². The molecule has 1 amide bonds. The number of carbonyl (C=O) groups excluding carboxylic acids is 1. The number of benzene rings is 2. The highest BCUT2D eigenvalue weighted by Crippen LogP contribution is 2.33. The van der Waals surface area contributed by atoms with E-state index < -0.39 is 40.4 Å². The molecule has 0 bridgehead atoms. The van der Waals surface area contributed by atoms with Crippen molar-refractivity contribution in [3.63, 3.8) is 0 Å². The van der Waals surface area contributed by atoms with Crippen molar-refractivity contribution in [1.82, 2.24) is 24.3 Å². The molecule has 0 saturated carbocycles. The molecule has 3 heterocycles. The van der Waals surface area contributed by atoms with Crippen LogP contribution in [0.1, 0.15) is 10.4 Å². The van der Waals surface area contributed by atoms with E-state index in [-0.39, 0.29) is 11.4 Å². The standard InChI is InChI=1S/C26H17F3N6O3/c1-34-13-15(11-32-34)19-12-30-14-31-25(19)38-23-10-20(28)22(9-21(23)29)33-24(36)18-3-2-8-35(26(18)37)17-6-4-16(27)5-7-17/h2-14H,1H3,(H,33,36). The fourth-order valence-corrected chi connectivity index (χ4v) is 3.63. The molecular formula is C26H17F3N6O3. The molecule has 3 aromatic heterocycles. The number of ether oxygens (including phenoxy) is 1. The Morgan fingerprint density at radius 2 is 1.82 bits per heavy atom. The zero-order chi connectivity index (χ0) is 26.8. The topological polar surface area (TPSA) is 104 Å². The Labute approximate surface area is 212 Å². The van der Waals surface area contributed by atoms with E-state index in [1.165, 1.54) is 49.2 Å². The Hall–Kier alpha value is -5.26. The summed E-state index contributed by atoms with van der Waals surface area (Å²) in [5.74, 6) is -3.98. The van der Waals surface area contributed by atoms with Crippen LogP contribution in [0.2, 0.25) is 0 Å². The highest BCUT2D eigenvalue weighted by molar-refractivity contribution is 6.04. The summed E-state index contributed by atoms with van der Waals surface area (Å²) in [6.07, 6.45) is 7.24. The monoisotopic (exact) mass is 518 g/mol. The summed E-state index contributed by atoms with van der Waals surface area (Å²) < 4.78 is 51.2. The molecule has 9 nitrogen and oxygen atoms in total. The van der Waals surface area contributed by atoms with E-state index in [1.54, 1.807) is 17.9 Å². The minimum absolute atomic E-state index is 0.0336.